The monoisotopic (exact) mass is 327 g/mol. The van der Waals surface area contributed by atoms with Gasteiger partial charge in [-0.15, -0.1) is 0 Å². The second-order valence-electron chi connectivity index (χ2n) is 6.15. The molecule has 1 unspecified atom stereocenters. The summed E-state index contributed by atoms with van der Waals surface area (Å²) < 4.78 is 5.76. The van der Waals surface area contributed by atoms with Gasteiger partial charge in [0.15, 0.2) is 0 Å². The fourth-order valence-electron chi connectivity index (χ4n) is 2.76. The molecule has 0 aliphatic heterocycles. The Morgan fingerprint density at radius 3 is 2.50 bits per heavy atom. The maximum absolute atomic E-state index is 10.2. The molecule has 0 bridgehead atoms. The normalized spacial score (nSPS) is 12.1. The van der Waals surface area contributed by atoms with Crippen LogP contribution in [0.25, 0.3) is 11.3 Å². The number of pyridine rings is 1. The number of hydrogen-bond donors (Lipinski definition) is 1. The molecule has 0 amide bonds. The number of hydrogen-bond acceptors (Lipinski definition) is 3. The lowest BCUT2D eigenvalue weighted by Gasteiger charge is -2.14. The van der Waals surface area contributed by atoms with Crippen LogP contribution in [0, 0.1) is 0 Å². The predicted molar refractivity (Wildman–Crippen MR) is 99.2 cm³/mol. The summed E-state index contributed by atoms with van der Waals surface area (Å²) in [7, 11) is 0. The van der Waals surface area contributed by atoms with Crippen LogP contribution < -0.4 is 4.74 Å². The average molecular weight is 327 g/mol. The van der Waals surface area contributed by atoms with E-state index in [1.807, 2.05) is 43.3 Å². The summed E-state index contributed by atoms with van der Waals surface area (Å²) in [4.78, 5) is 4.52. The molecule has 0 aliphatic rings. The molecule has 1 heterocycles. The highest BCUT2D eigenvalue weighted by Gasteiger charge is 2.12. The van der Waals surface area contributed by atoms with Gasteiger partial charge in [0.2, 0.25) is 0 Å². The van der Waals surface area contributed by atoms with E-state index in [0.29, 0.717) is 6.42 Å². The zero-order chi connectivity index (χ0) is 17.2. The fourth-order valence-corrected chi connectivity index (χ4v) is 2.76. The Balaban J connectivity index is 1.95. The Labute approximate surface area is 145 Å². The predicted octanol–water partition coefficient (Wildman–Crippen LogP) is 5.54. The summed E-state index contributed by atoms with van der Waals surface area (Å²) in [5.74, 6) is 0.808. The van der Waals surface area contributed by atoms with Crippen molar-refractivity contribution in [2.45, 2.75) is 58.5 Å². The molecule has 0 saturated carbocycles. The van der Waals surface area contributed by atoms with E-state index in [0.717, 1.165) is 35.6 Å². The number of nitrogens with zero attached hydrogens (tertiary/aromatic N) is 1. The molecule has 1 aromatic heterocycles. The molecule has 0 saturated heterocycles. The Morgan fingerprint density at radius 2 is 1.79 bits per heavy atom. The second-order valence-corrected chi connectivity index (χ2v) is 6.15. The Morgan fingerprint density at radius 1 is 1.00 bits per heavy atom. The third kappa shape index (κ3) is 5.34. The fraction of sp³-hybridized carbons (Fsp3) is 0.476. The summed E-state index contributed by atoms with van der Waals surface area (Å²) in [5, 5.41) is 10.2. The van der Waals surface area contributed by atoms with Crippen LogP contribution in [0.1, 0.15) is 64.0 Å². The lowest BCUT2D eigenvalue weighted by atomic mass is 9.98. The van der Waals surface area contributed by atoms with Crippen LogP contribution in [0.3, 0.4) is 0 Å². The molecule has 3 nitrogen and oxygen atoms in total. The van der Waals surface area contributed by atoms with Gasteiger partial charge in [-0.05, 0) is 30.5 Å². The minimum absolute atomic E-state index is 0.456. The average Bonchev–Trinajstić information content (AvgIpc) is 2.64. The van der Waals surface area contributed by atoms with Gasteiger partial charge in [-0.25, -0.2) is 0 Å². The molecule has 0 aliphatic carbocycles. The van der Waals surface area contributed by atoms with Crippen molar-refractivity contribution >= 4 is 0 Å². The highest BCUT2D eigenvalue weighted by molar-refractivity contribution is 5.64. The van der Waals surface area contributed by atoms with Gasteiger partial charge in [-0.3, -0.25) is 4.98 Å². The SMILES string of the molecule is CCCCCCCOc1ccc(-c2ccccc2C(O)CC)nc1. The molecule has 1 N–H and O–H groups in total. The summed E-state index contributed by atoms with van der Waals surface area (Å²) in [6, 6.07) is 11.8. The molecule has 2 aromatic rings. The molecule has 1 aromatic carbocycles. The molecule has 0 fully saturated rings. The Hall–Kier alpha value is -1.87. The van der Waals surface area contributed by atoms with E-state index >= 15 is 0 Å². The van der Waals surface area contributed by atoms with Crippen LogP contribution >= 0.6 is 0 Å². The van der Waals surface area contributed by atoms with Gasteiger partial charge in [0.05, 0.1) is 24.6 Å². The Kier molecular flexibility index (Phi) is 7.76. The second kappa shape index (κ2) is 10.1. The van der Waals surface area contributed by atoms with Gasteiger partial charge in [-0.1, -0.05) is 63.8 Å². The zero-order valence-electron chi connectivity index (χ0n) is 14.9. The zero-order valence-corrected chi connectivity index (χ0v) is 14.9. The first-order valence-electron chi connectivity index (χ1n) is 9.12. The van der Waals surface area contributed by atoms with Gasteiger partial charge in [-0.2, -0.15) is 0 Å². The third-order valence-corrected chi connectivity index (χ3v) is 4.24. The van der Waals surface area contributed by atoms with Gasteiger partial charge in [0.25, 0.3) is 0 Å². The number of unbranched alkanes of at least 4 members (excludes halogenated alkanes) is 4. The Bertz CT molecular complexity index is 595. The molecule has 0 spiro atoms. The van der Waals surface area contributed by atoms with Crippen molar-refractivity contribution in [1.29, 1.82) is 0 Å². The number of aliphatic hydroxyl groups excluding tert-OH is 1. The van der Waals surface area contributed by atoms with Crippen LogP contribution in [0.15, 0.2) is 42.6 Å². The van der Waals surface area contributed by atoms with Crippen molar-refractivity contribution in [2.75, 3.05) is 6.61 Å². The van der Waals surface area contributed by atoms with Crippen molar-refractivity contribution in [3.05, 3.63) is 48.2 Å². The highest BCUT2D eigenvalue weighted by atomic mass is 16.5. The van der Waals surface area contributed by atoms with Gasteiger partial charge in [0.1, 0.15) is 5.75 Å². The largest absolute Gasteiger partial charge is 0.492 e. The van der Waals surface area contributed by atoms with E-state index in [9.17, 15) is 5.11 Å². The van der Waals surface area contributed by atoms with Crippen LogP contribution in [-0.4, -0.2) is 16.7 Å². The van der Waals surface area contributed by atoms with E-state index in [4.69, 9.17) is 4.74 Å². The van der Waals surface area contributed by atoms with E-state index in [-0.39, 0.29) is 0 Å². The first-order valence-corrected chi connectivity index (χ1v) is 9.12. The minimum Gasteiger partial charge on any atom is -0.492 e. The van der Waals surface area contributed by atoms with E-state index < -0.39 is 6.10 Å². The van der Waals surface area contributed by atoms with Crippen molar-refractivity contribution < 1.29 is 9.84 Å². The van der Waals surface area contributed by atoms with Crippen molar-refractivity contribution in [3.63, 3.8) is 0 Å². The van der Waals surface area contributed by atoms with Gasteiger partial charge >= 0.3 is 0 Å². The van der Waals surface area contributed by atoms with Crippen LogP contribution in [-0.2, 0) is 0 Å². The highest BCUT2D eigenvalue weighted by Crippen LogP contribution is 2.29. The van der Waals surface area contributed by atoms with E-state index in [2.05, 4.69) is 11.9 Å². The van der Waals surface area contributed by atoms with Crippen LogP contribution in [0.5, 0.6) is 5.75 Å². The molecule has 1 atom stereocenters. The first-order chi connectivity index (χ1) is 11.8. The summed E-state index contributed by atoms with van der Waals surface area (Å²) >= 11 is 0. The summed E-state index contributed by atoms with van der Waals surface area (Å²) in [5.41, 5.74) is 2.78. The summed E-state index contributed by atoms with van der Waals surface area (Å²) in [6.07, 6.45) is 8.18. The molecule has 2 rings (SSSR count). The third-order valence-electron chi connectivity index (χ3n) is 4.24. The number of ether oxygens (including phenoxy) is 1. The number of rotatable bonds is 10. The number of benzene rings is 1. The first kappa shape index (κ1) is 18.5. The number of aromatic nitrogens is 1. The lowest BCUT2D eigenvalue weighted by Crippen LogP contribution is -2.00. The molecular formula is C21H29NO2. The standard InChI is InChI=1S/C21H29NO2/c1-3-5-6-7-10-15-24-17-13-14-20(22-16-17)18-11-8-9-12-19(18)21(23)4-2/h8-9,11-14,16,21,23H,3-7,10,15H2,1-2H3. The molecule has 0 radical (unpaired) electrons. The van der Waals surface area contributed by atoms with Crippen molar-refractivity contribution in [3.8, 4) is 17.0 Å². The number of aliphatic hydroxyl groups is 1. The lowest BCUT2D eigenvalue weighted by molar-refractivity contribution is 0.174. The topological polar surface area (TPSA) is 42.4 Å². The van der Waals surface area contributed by atoms with Crippen LogP contribution in [0.4, 0.5) is 0 Å². The summed E-state index contributed by atoms with van der Waals surface area (Å²) in [6.45, 7) is 4.95. The molecule has 130 valence electrons. The molecular weight excluding hydrogens is 298 g/mol. The van der Waals surface area contributed by atoms with Crippen molar-refractivity contribution in [2.24, 2.45) is 0 Å². The molecule has 24 heavy (non-hydrogen) atoms. The quantitative estimate of drug-likeness (QED) is 0.582. The van der Waals surface area contributed by atoms with Gasteiger partial charge in [0, 0.05) is 5.56 Å². The maximum atomic E-state index is 10.2. The van der Waals surface area contributed by atoms with E-state index in [1.54, 1.807) is 6.20 Å². The minimum atomic E-state index is -0.456. The van der Waals surface area contributed by atoms with E-state index in [1.165, 1.54) is 25.7 Å². The smallest absolute Gasteiger partial charge is 0.137 e. The van der Waals surface area contributed by atoms with Crippen LogP contribution in [0.2, 0.25) is 0 Å². The van der Waals surface area contributed by atoms with Gasteiger partial charge < -0.3 is 9.84 Å². The van der Waals surface area contributed by atoms with Crippen molar-refractivity contribution in [1.82, 2.24) is 4.98 Å². The molecule has 3 heteroatoms. The maximum Gasteiger partial charge on any atom is 0.137 e.